The molecule has 0 unspecified atom stereocenters. The molecule has 2 heteroatoms. The van der Waals surface area contributed by atoms with E-state index in [0.717, 1.165) is 7.05 Å². The van der Waals surface area contributed by atoms with Crippen LogP contribution in [0.2, 0.25) is 0 Å². The molecule has 1 aliphatic heterocycles. The van der Waals surface area contributed by atoms with Crippen LogP contribution >= 0.6 is 0 Å². The summed E-state index contributed by atoms with van der Waals surface area (Å²) in [4.78, 5) is 3.45. The molecular formula is C14H18N2. The Labute approximate surface area is 108 Å². The monoisotopic (exact) mass is 222 g/mol. The Morgan fingerprint density at radius 3 is 2.88 bits per heavy atom. The number of piperidine rings is 1. The summed E-state index contributed by atoms with van der Waals surface area (Å²) >= 11 is 0. The summed E-state index contributed by atoms with van der Waals surface area (Å²) in [5.41, 5.74) is 0.903. The third kappa shape index (κ3) is 1.63. The van der Waals surface area contributed by atoms with Crippen molar-refractivity contribution in [3.63, 3.8) is 0 Å². The number of para-hydroxylation sites is 1. The van der Waals surface area contributed by atoms with Gasteiger partial charge in [0.1, 0.15) is 0 Å². The second-order valence-electron chi connectivity index (χ2n) is 3.79. The van der Waals surface area contributed by atoms with Crippen molar-refractivity contribution in [1.29, 1.82) is 0 Å². The van der Waals surface area contributed by atoms with Gasteiger partial charge in [0.15, 0.2) is 0 Å². The third-order valence-electron chi connectivity index (χ3n) is 2.69. The van der Waals surface area contributed by atoms with Crippen LogP contribution in [0.5, 0.6) is 0 Å². The van der Waals surface area contributed by atoms with E-state index in [1.54, 1.807) is 24.3 Å². The predicted octanol–water partition coefficient (Wildman–Crippen LogP) is 2.98. The second-order valence-corrected chi connectivity index (χ2v) is 3.79. The first-order valence-electron chi connectivity index (χ1n) is 9.17. The molecule has 0 amide bonds. The van der Waals surface area contributed by atoms with Gasteiger partial charge in [-0.15, -0.1) is 0 Å². The minimum atomic E-state index is -2.69. The fraction of sp³-hybridized carbons (Fsp3) is 0.429. The minimum Gasteiger partial charge on any atom is -0.361 e. The van der Waals surface area contributed by atoms with Gasteiger partial charge in [-0.1, -0.05) is 18.2 Å². The van der Waals surface area contributed by atoms with Crippen molar-refractivity contribution in [3.8, 4) is 0 Å². The fourth-order valence-electron chi connectivity index (χ4n) is 1.88. The molecule has 1 aliphatic rings. The predicted molar refractivity (Wildman–Crippen MR) is 67.8 cm³/mol. The average molecular weight is 222 g/mol. The Balaban J connectivity index is 2.31. The zero-order chi connectivity index (χ0) is 18.1. The normalized spacial score (nSPS) is 39.3. The van der Waals surface area contributed by atoms with Crippen LogP contribution in [0.4, 0.5) is 0 Å². The Morgan fingerprint density at radius 1 is 1.31 bits per heavy atom. The summed E-state index contributed by atoms with van der Waals surface area (Å²) < 4.78 is 65.8. The van der Waals surface area contributed by atoms with Gasteiger partial charge in [-0.3, -0.25) is 0 Å². The van der Waals surface area contributed by atoms with Crippen molar-refractivity contribution in [2.75, 3.05) is 20.0 Å². The molecule has 0 atom stereocenters. The van der Waals surface area contributed by atoms with Crippen LogP contribution in [-0.2, 0) is 0 Å². The molecule has 2 aromatic rings. The summed E-state index contributed by atoms with van der Waals surface area (Å²) in [5.74, 6) is -1.62. The summed E-state index contributed by atoms with van der Waals surface area (Å²) in [5, 5.41) is 0.561. The number of rotatable bonds is 1. The molecule has 1 aromatic heterocycles. The van der Waals surface area contributed by atoms with Gasteiger partial charge >= 0.3 is 0 Å². The van der Waals surface area contributed by atoms with Crippen LogP contribution < -0.4 is 0 Å². The molecule has 1 N–H and O–H groups in total. The highest BCUT2D eigenvalue weighted by atomic mass is 15.1. The lowest BCUT2D eigenvalue weighted by atomic mass is 9.89. The SMILES string of the molecule is [2H]C1([2H])C(c2c[nH]c3ccccc23)C([2H])([2H])C([2H])([2H])N(C)C1([2H])[2H]. The van der Waals surface area contributed by atoms with E-state index < -0.39 is 31.7 Å². The van der Waals surface area contributed by atoms with Crippen molar-refractivity contribution < 1.29 is 11.0 Å². The van der Waals surface area contributed by atoms with Crippen molar-refractivity contribution in [2.45, 2.75) is 18.7 Å². The number of H-pyrrole nitrogens is 1. The highest BCUT2D eigenvalue weighted by Gasteiger charge is 2.20. The summed E-state index contributed by atoms with van der Waals surface area (Å²) in [6.07, 6.45) is -3.86. The number of hydrogen-bond donors (Lipinski definition) is 1. The third-order valence-corrected chi connectivity index (χ3v) is 2.69. The van der Waals surface area contributed by atoms with Gasteiger partial charge < -0.3 is 9.88 Å². The van der Waals surface area contributed by atoms with E-state index in [0.29, 0.717) is 15.8 Å². The molecule has 0 saturated carbocycles. The zero-order valence-electron chi connectivity index (χ0n) is 16.9. The fourth-order valence-corrected chi connectivity index (χ4v) is 1.88. The van der Waals surface area contributed by atoms with Crippen molar-refractivity contribution in [1.82, 2.24) is 9.88 Å². The van der Waals surface area contributed by atoms with E-state index in [9.17, 15) is 0 Å². The zero-order valence-corrected chi connectivity index (χ0v) is 8.91. The molecule has 16 heavy (non-hydrogen) atoms. The van der Waals surface area contributed by atoms with E-state index in [1.165, 1.54) is 6.20 Å². The number of fused-ring (bicyclic) bond motifs is 1. The topological polar surface area (TPSA) is 19.0 Å². The maximum absolute atomic E-state index is 8.33. The van der Waals surface area contributed by atoms with Gasteiger partial charge in [0.2, 0.25) is 0 Å². The number of nitrogens with one attached hydrogen (secondary N) is 1. The van der Waals surface area contributed by atoms with Crippen molar-refractivity contribution in [2.24, 2.45) is 0 Å². The Hall–Kier alpha value is -1.28. The summed E-state index contributed by atoms with van der Waals surface area (Å²) in [7, 11) is 1.07. The van der Waals surface area contributed by atoms with Crippen LogP contribution in [0.15, 0.2) is 30.5 Å². The first kappa shape index (κ1) is 4.53. The lowest BCUT2D eigenvalue weighted by Crippen LogP contribution is -2.29. The molecular weight excluding hydrogens is 196 g/mol. The van der Waals surface area contributed by atoms with E-state index in [2.05, 4.69) is 4.98 Å². The molecule has 1 saturated heterocycles. The molecule has 0 spiro atoms. The molecule has 0 bridgehead atoms. The summed E-state index contributed by atoms with van der Waals surface area (Å²) in [6, 6.07) is 6.95. The molecule has 0 aliphatic carbocycles. The van der Waals surface area contributed by atoms with Crippen molar-refractivity contribution in [3.05, 3.63) is 36.0 Å². The van der Waals surface area contributed by atoms with Crippen LogP contribution in [0.25, 0.3) is 10.9 Å². The number of nitrogens with zero attached hydrogens (tertiary/aromatic N) is 1. The van der Waals surface area contributed by atoms with Gasteiger partial charge in [-0.25, -0.2) is 0 Å². The molecule has 0 radical (unpaired) electrons. The Morgan fingerprint density at radius 2 is 2.06 bits per heavy atom. The standard InChI is InChI=1S/C14H18N2/c1-16-8-6-11(7-9-16)13-10-15-14-5-3-2-4-12(13)14/h2-5,10-11,15H,6-9H2,1H3/i6D2,7D2,8D2,9D2. The van der Waals surface area contributed by atoms with Crippen LogP contribution in [0.1, 0.15) is 35.2 Å². The van der Waals surface area contributed by atoms with Gasteiger partial charge in [-0.05, 0) is 50.3 Å². The lowest BCUT2D eigenvalue weighted by Gasteiger charge is -2.28. The maximum atomic E-state index is 8.33. The molecule has 1 aromatic carbocycles. The van der Waals surface area contributed by atoms with Crippen molar-refractivity contribution >= 4 is 10.9 Å². The minimum absolute atomic E-state index is 0.237. The maximum Gasteiger partial charge on any atom is 0.0456 e. The quantitative estimate of drug-likeness (QED) is 0.786. The Bertz CT molecular complexity index is 754. The van der Waals surface area contributed by atoms with Crippen LogP contribution in [0.3, 0.4) is 0 Å². The largest absolute Gasteiger partial charge is 0.361 e. The first-order valence-corrected chi connectivity index (χ1v) is 5.17. The van der Waals surface area contributed by atoms with E-state index >= 15 is 0 Å². The highest BCUT2D eigenvalue weighted by Crippen LogP contribution is 2.32. The smallest absolute Gasteiger partial charge is 0.0456 e. The average Bonchev–Trinajstić information content (AvgIpc) is 2.88. The molecule has 2 nitrogen and oxygen atoms in total. The molecule has 1 fully saturated rings. The van der Waals surface area contributed by atoms with Crippen LogP contribution in [-0.4, -0.2) is 29.9 Å². The Kier molecular flexibility index (Phi) is 1.12. The second kappa shape index (κ2) is 3.95. The number of hydrogen-bond acceptors (Lipinski definition) is 1. The number of benzene rings is 1. The van der Waals surface area contributed by atoms with E-state index in [1.807, 2.05) is 0 Å². The summed E-state index contributed by atoms with van der Waals surface area (Å²) in [6.45, 7) is -5.38. The van der Waals surface area contributed by atoms with Gasteiger partial charge in [-0.2, -0.15) is 0 Å². The van der Waals surface area contributed by atoms with Gasteiger partial charge in [0.05, 0.1) is 0 Å². The molecule has 3 rings (SSSR count). The van der Waals surface area contributed by atoms with Crippen LogP contribution in [0, 0.1) is 0 Å². The van der Waals surface area contributed by atoms with Gasteiger partial charge in [0.25, 0.3) is 0 Å². The number of likely N-dealkylation sites (tertiary alicyclic amines) is 1. The molecule has 2 heterocycles. The molecule has 84 valence electrons. The number of aromatic nitrogens is 1. The highest BCUT2D eigenvalue weighted by molar-refractivity contribution is 5.83. The van der Waals surface area contributed by atoms with Gasteiger partial charge in [0, 0.05) is 28.1 Å². The number of aromatic amines is 1. The lowest BCUT2D eigenvalue weighted by molar-refractivity contribution is 0.256. The van der Waals surface area contributed by atoms with E-state index in [4.69, 9.17) is 11.0 Å². The van der Waals surface area contributed by atoms with E-state index in [-0.39, 0.29) is 5.56 Å². The first-order chi connectivity index (χ1) is 10.9.